The third-order valence-corrected chi connectivity index (χ3v) is 4.02. The Bertz CT molecular complexity index is 535. The van der Waals surface area contributed by atoms with Crippen LogP contribution in [0.1, 0.15) is 43.7 Å². The van der Waals surface area contributed by atoms with Crippen LogP contribution in [-0.2, 0) is 9.31 Å². The van der Waals surface area contributed by atoms with Gasteiger partial charge in [-0.2, -0.15) is 0 Å². The number of rotatable bonds is 4. The summed E-state index contributed by atoms with van der Waals surface area (Å²) in [4.78, 5) is 14.6. The number of aliphatic hydroxyl groups is 1. The van der Waals surface area contributed by atoms with E-state index in [4.69, 9.17) is 9.31 Å². The van der Waals surface area contributed by atoms with Gasteiger partial charge in [-0.1, -0.05) is 12.1 Å². The molecule has 0 unspecified atom stereocenters. The summed E-state index contributed by atoms with van der Waals surface area (Å²) in [5.41, 5.74) is 0.860. The van der Waals surface area contributed by atoms with E-state index in [9.17, 15) is 9.90 Å². The fraction of sp³-hybridized carbons (Fsp3) is 0.467. The zero-order valence-corrected chi connectivity index (χ0v) is 12.8. The van der Waals surface area contributed by atoms with Crippen molar-refractivity contribution in [1.82, 2.24) is 4.98 Å². The van der Waals surface area contributed by atoms with Crippen molar-refractivity contribution >= 4 is 19.5 Å². The predicted molar refractivity (Wildman–Crippen MR) is 80.8 cm³/mol. The lowest BCUT2D eigenvalue weighted by Gasteiger charge is -2.32. The smallest absolute Gasteiger partial charge is 0.400 e. The van der Waals surface area contributed by atoms with Crippen LogP contribution in [0.3, 0.4) is 0 Å². The molecule has 0 amide bonds. The molecule has 0 saturated carbocycles. The zero-order valence-electron chi connectivity index (χ0n) is 12.8. The SMILES string of the molecule is CC1(C)OB(C(=Cc2ccc(C=O)nc2)CO)OC1(C)C. The minimum Gasteiger partial charge on any atom is -0.400 e. The van der Waals surface area contributed by atoms with E-state index in [1.54, 1.807) is 24.4 Å². The maximum atomic E-state index is 10.6. The molecule has 1 aromatic rings. The van der Waals surface area contributed by atoms with Crippen LogP contribution in [0.2, 0.25) is 0 Å². The Hall–Kier alpha value is -1.50. The molecule has 6 heteroatoms. The van der Waals surface area contributed by atoms with Crippen molar-refractivity contribution < 1.29 is 19.2 Å². The summed E-state index contributed by atoms with van der Waals surface area (Å²) in [5, 5.41) is 9.58. The van der Waals surface area contributed by atoms with Crippen molar-refractivity contribution in [3.63, 3.8) is 0 Å². The van der Waals surface area contributed by atoms with Crippen LogP contribution in [0.25, 0.3) is 6.08 Å². The molecular formula is C15H20BNO4. The summed E-state index contributed by atoms with van der Waals surface area (Å²) in [5.74, 6) is 0. The maximum absolute atomic E-state index is 10.6. The van der Waals surface area contributed by atoms with Crippen LogP contribution in [0.5, 0.6) is 0 Å². The fourth-order valence-electron chi connectivity index (χ4n) is 1.97. The molecule has 1 fully saturated rings. The number of nitrogens with zero attached hydrogens (tertiary/aromatic N) is 1. The lowest BCUT2D eigenvalue weighted by atomic mass is 9.77. The molecule has 0 atom stereocenters. The van der Waals surface area contributed by atoms with Crippen LogP contribution in [0, 0.1) is 0 Å². The van der Waals surface area contributed by atoms with E-state index >= 15 is 0 Å². The standard InChI is InChI=1S/C15H20BNO4/c1-14(2)15(3,4)21-16(20-14)12(9-18)7-11-5-6-13(10-19)17-8-11/h5-8,10,18H,9H2,1-4H3. The minimum absolute atomic E-state index is 0.174. The largest absolute Gasteiger partial charge is 0.492 e. The molecule has 2 rings (SSSR count). The van der Waals surface area contributed by atoms with Gasteiger partial charge in [0, 0.05) is 6.20 Å². The monoisotopic (exact) mass is 289 g/mol. The lowest BCUT2D eigenvalue weighted by Crippen LogP contribution is -2.41. The Morgan fingerprint density at radius 3 is 2.33 bits per heavy atom. The second-order valence-electron chi connectivity index (χ2n) is 6.10. The fourth-order valence-corrected chi connectivity index (χ4v) is 1.97. The molecule has 1 aliphatic rings. The van der Waals surface area contributed by atoms with Crippen LogP contribution in [-0.4, -0.2) is 41.3 Å². The average Bonchev–Trinajstić information content (AvgIpc) is 2.65. The van der Waals surface area contributed by atoms with Gasteiger partial charge in [0.15, 0.2) is 6.29 Å². The van der Waals surface area contributed by atoms with E-state index in [2.05, 4.69) is 4.98 Å². The van der Waals surface area contributed by atoms with Gasteiger partial charge in [0.1, 0.15) is 5.69 Å². The van der Waals surface area contributed by atoms with Crippen LogP contribution in [0.15, 0.2) is 23.8 Å². The molecule has 0 aliphatic carbocycles. The van der Waals surface area contributed by atoms with Crippen LogP contribution < -0.4 is 0 Å². The molecule has 1 aromatic heterocycles. The highest BCUT2D eigenvalue weighted by molar-refractivity contribution is 6.55. The first kappa shape index (κ1) is 15.9. The number of aldehydes is 1. The molecule has 112 valence electrons. The van der Waals surface area contributed by atoms with Gasteiger partial charge in [0.05, 0.1) is 17.8 Å². The van der Waals surface area contributed by atoms with Crippen molar-refractivity contribution in [2.45, 2.75) is 38.9 Å². The molecule has 0 bridgehead atoms. The summed E-state index contributed by atoms with van der Waals surface area (Å²) in [7, 11) is -0.592. The van der Waals surface area contributed by atoms with Gasteiger partial charge in [0.25, 0.3) is 0 Å². The summed E-state index contributed by atoms with van der Waals surface area (Å²) in [6.45, 7) is 7.67. The number of aliphatic hydroxyl groups excluding tert-OH is 1. The first-order valence-electron chi connectivity index (χ1n) is 6.87. The average molecular weight is 289 g/mol. The van der Waals surface area contributed by atoms with E-state index in [-0.39, 0.29) is 6.61 Å². The third kappa shape index (κ3) is 3.23. The van der Waals surface area contributed by atoms with Crippen LogP contribution >= 0.6 is 0 Å². The molecule has 1 aliphatic heterocycles. The predicted octanol–water partition coefficient (Wildman–Crippen LogP) is 1.90. The Labute approximate surface area is 125 Å². The Morgan fingerprint density at radius 2 is 1.90 bits per heavy atom. The van der Waals surface area contributed by atoms with Crippen LogP contribution in [0.4, 0.5) is 0 Å². The molecule has 0 aromatic carbocycles. The number of hydrogen-bond donors (Lipinski definition) is 1. The van der Waals surface area contributed by atoms with Crippen molar-refractivity contribution in [2.75, 3.05) is 6.61 Å². The summed E-state index contributed by atoms with van der Waals surface area (Å²) < 4.78 is 11.8. The number of aromatic nitrogens is 1. The molecule has 1 N–H and O–H groups in total. The van der Waals surface area contributed by atoms with Crippen molar-refractivity contribution in [3.8, 4) is 0 Å². The van der Waals surface area contributed by atoms with Crippen molar-refractivity contribution in [1.29, 1.82) is 0 Å². The summed E-state index contributed by atoms with van der Waals surface area (Å²) in [6.07, 6.45) is 4.03. The number of pyridine rings is 1. The third-order valence-electron chi connectivity index (χ3n) is 4.02. The Morgan fingerprint density at radius 1 is 1.29 bits per heavy atom. The van der Waals surface area contributed by atoms with E-state index in [0.717, 1.165) is 5.56 Å². The Kier molecular flexibility index (Phi) is 4.32. The molecule has 0 spiro atoms. The summed E-state index contributed by atoms with van der Waals surface area (Å²) >= 11 is 0. The van der Waals surface area contributed by atoms with Gasteiger partial charge in [-0.3, -0.25) is 9.78 Å². The second kappa shape index (κ2) is 5.71. The van der Waals surface area contributed by atoms with Gasteiger partial charge >= 0.3 is 7.12 Å². The first-order valence-corrected chi connectivity index (χ1v) is 6.87. The summed E-state index contributed by atoms with van der Waals surface area (Å²) in [6, 6.07) is 3.38. The molecule has 1 saturated heterocycles. The molecular weight excluding hydrogens is 269 g/mol. The zero-order chi connectivity index (χ0) is 15.7. The Balaban J connectivity index is 2.23. The number of hydrogen-bond acceptors (Lipinski definition) is 5. The van der Waals surface area contributed by atoms with Gasteiger partial charge in [0.2, 0.25) is 0 Å². The second-order valence-corrected chi connectivity index (χ2v) is 6.10. The molecule has 21 heavy (non-hydrogen) atoms. The minimum atomic E-state index is -0.592. The van der Waals surface area contributed by atoms with Gasteiger partial charge in [-0.15, -0.1) is 0 Å². The lowest BCUT2D eigenvalue weighted by molar-refractivity contribution is 0.00578. The molecule has 5 nitrogen and oxygen atoms in total. The van der Waals surface area contributed by atoms with Crippen molar-refractivity contribution in [3.05, 3.63) is 35.1 Å². The highest BCUT2D eigenvalue weighted by Gasteiger charge is 2.52. The van der Waals surface area contributed by atoms with E-state index in [1.807, 2.05) is 27.7 Å². The van der Waals surface area contributed by atoms with E-state index < -0.39 is 18.3 Å². The maximum Gasteiger partial charge on any atom is 0.492 e. The number of carbonyl (C=O) groups is 1. The normalized spacial score (nSPS) is 20.6. The van der Waals surface area contributed by atoms with Gasteiger partial charge in [-0.25, -0.2) is 0 Å². The van der Waals surface area contributed by atoms with E-state index in [1.165, 1.54) is 0 Å². The van der Waals surface area contributed by atoms with Crippen molar-refractivity contribution in [2.24, 2.45) is 0 Å². The topological polar surface area (TPSA) is 68.7 Å². The van der Waals surface area contributed by atoms with Gasteiger partial charge < -0.3 is 14.4 Å². The first-order chi connectivity index (χ1) is 9.79. The van der Waals surface area contributed by atoms with E-state index in [0.29, 0.717) is 17.5 Å². The quantitative estimate of drug-likeness (QED) is 0.677. The highest BCUT2D eigenvalue weighted by Crippen LogP contribution is 2.38. The van der Waals surface area contributed by atoms with Gasteiger partial charge in [-0.05, 0) is 44.8 Å². The number of carbonyl (C=O) groups excluding carboxylic acids is 1. The molecule has 2 heterocycles. The highest BCUT2D eigenvalue weighted by atomic mass is 16.7. The molecule has 0 radical (unpaired) electrons.